The second kappa shape index (κ2) is 11.6. The molecule has 0 aromatic heterocycles. The number of hydrogen-bond donors (Lipinski definition) is 3. The van der Waals surface area contributed by atoms with Gasteiger partial charge in [-0.15, -0.1) is 0 Å². The number of aliphatic hydroxyl groups is 1. The molecule has 0 bridgehead atoms. The van der Waals surface area contributed by atoms with Gasteiger partial charge in [-0.25, -0.2) is 4.79 Å². The molecule has 38 heavy (non-hydrogen) atoms. The van der Waals surface area contributed by atoms with E-state index in [-0.39, 0.29) is 0 Å². The second-order valence-electron chi connectivity index (χ2n) is 11.1. The van der Waals surface area contributed by atoms with Crippen LogP contribution in [0.25, 0.3) is 10.8 Å². The fourth-order valence-corrected chi connectivity index (χ4v) is 4.18. The smallest absolute Gasteiger partial charge is 0.408 e. The number of aliphatic hydroxyl groups excluding tert-OH is 1. The Labute approximate surface area is 224 Å². The molecule has 0 aliphatic rings. The van der Waals surface area contributed by atoms with Gasteiger partial charge in [0.15, 0.2) is 0 Å². The van der Waals surface area contributed by atoms with Gasteiger partial charge in [-0.1, -0.05) is 60.7 Å². The fraction of sp³-hybridized carbons (Fsp3) is 0.367. The minimum Gasteiger partial charge on any atom is -0.444 e. The number of carbonyl (C=O) groups is 3. The Morgan fingerprint density at radius 1 is 0.868 bits per heavy atom. The molecule has 3 rings (SSSR count). The summed E-state index contributed by atoms with van der Waals surface area (Å²) < 4.78 is 5.28. The van der Waals surface area contributed by atoms with Crippen LogP contribution in [0.15, 0.2) is 72.8 Å². The summed E-state index contributed by atoms with van der Waals surface area (Å²) in [4.78, 5) is 41.6. The topological polar surface area (TPSA) is 108 Å². The minimum atomic E-state index is -1.32. The maximum atomic E-state index is 13.9. The van der Waals surface area contributed by atoms with Crippen LogP contribution >= 0.6 is 0 Å². The number of amides is 3. The monoisotopic (exact) mass is 519 g/mol. The number of fused-ring (bicyclic) bond motifs is 1. The van der Waals surface area contributed by atoms with Crippen LogP contribution in [-0.2, 0) is 14.3 Å². The molecule has 2 atom stereocenters. The normalized spacial score (nSPS) is 13.3. The van der Waals surface area contributed by atoms with E-state index in [4.69, 9.17) is 4.74 Å². The molecule has 0 heterocycles. The summed E-state index contributed by atoms with van der Waals surface area (Å²) in [6, 6.07) is 20.0. The predicted molar refractivity (Wildman–Crippen MR) is 149 cm³/mol. The quantitative estimate of drug-likeness (QED) is 0.406. The van der Waals surface area contributed by atoms with E-state index >= 15 is 0 Å². The van der Waals surface area contributed by atoms with E-state index in [0.29, 0.717) is 11.3 Å². The van der Waals surface area contributed by atoms with Gasteiger partial charge in [-0.05, 0) is 70.0 Å². The minimum absolute atomic E-state index is 0.427. The summed E-state index contributed by atoms with van der Waals surface area (Å²) in [6.07, 6.45) is -0.837. The van der Waals surface area contributed by atoms with Crippen molar-refractivity contribution < 1.29 is 24.2 Å². The summed E-state index contributed by atoms with van der Waals surface area (Å²) in [5, 5.41) is 17.5. The average molecular weight is 520 g/mol. The summed E-state index contributed by atoms with van der Waals surface area (Å²) in [5.74, 6) is -1.04. The van der Waals surface area contributed by atoms with Crippen LogP contribution in [0.2, 0.25) is 0 Å². The third kappa shape index (κ3) is 7.32. The third-order valence-corrected chi connectivity index (χ3v) is 5.77. The SMILES string of the molecule is CC(C)(C)OC(=O)NC(CO)C(=O)N(C(C(=O)Nc1ccc2ccccc2c1)c1ccccc1)C(C)(C)C. The van der Waals surface area contributed by atoms with Crippen molar-refractivity contribution in [3.63, 3.8) is 0 Å². The molecule has 0 saturated heterocycles. The van der Waals surface area contributed by atoms with Gasteiger partial charge < -0.3 is 25.4 Å². The summed E-state index contributed by atoms with van der Waals surface area (Å²) in [6.45, 7) is 9.83. The van der Waals surface area contributed by atoms with Gasteiger partial charge in [0.1, 0.15) is 17.7 Å². The van der Waals surface area contributed by atoms with Gasteiger partial charge in [-0.3, -0.25) is 9.59 Å². The first kappa shape index (κ1) is 28.7. The number of hydrogen-bond acceptors (Lipinski definition) is 5. The van der Waals surface area contributed by atoms with Crippen LogP contribution in [0.5, 0.6) is 0 Å². The zero-order valence-corrected chi connectivity index (χ0v) is 22.8. The lowest BCUT2D eigenvalue weighted by Gasteiger charge is -2.42. The summed E-state index contributed by atoms with van der Waals surface area (Å²) >= 11 is 0. The number of benzene rings is 3. The molecule has 3 amide bonds. The fourth-order valence-electron chi connectivity index (χ4n) is 4.18. The van der Waals surface area contributed by atoms with Crippen LogP contribution in [0, 0.1) is 0 Å². The van der Waals surface area contributed by atoms with Gasteiger partial charge in [-0.2, -0.15) is 0 Å². The van der Waals surface area contributed by atoms with E-state index in [9.17, 15) is 19.5 Å². The molecule has 0 saturated carbocycles. The Morgan fingerprint density at radius 3 is 2.05 bits per heavy atom. The first-order chi connectivity index (χ1) is 17.8. The van der Waals surface area contributed by atoms with E-state index in [0.717, 1.165) is 10.8 Å². The molecule has 3 aromatic rings. The number of anilines is 1. The highest BCUT2D eigenvalue weighted by molar-refractivity contribution is 6.00. The van der Waals surface area contributed by atoms with E-state index in [1.165, 1.54) is 4.90 Å². The van der Waals surface area contributed by atoms with Gasteiger partial charge in [0, 0.05) is 11.2 Å². The van der Waals surface area contributed by atoms with Crippen LogP contribution in [0.3, 0.4) is 0 Å². The molecule has 2 unspecified atom stereocenters. The Morgan fingerprint density at radius 2 is 1.47 bits per heavy atom. The Kier molecular flexibility index (Phi) is 8.78. The molecular weight excluding hydrogens is 482 g/mol. The highest BCUT2D eigenvalue weighted by Crippen LogP contribution is 2.31. The molecular formula is C30H37N3O5. The number of alkyl carbamates (subject to hydrolysis) is 1. The number of nitrogens with zero attached hydrogens (tertiary/aromatic N) is 1. The first-order valence-electron chi connectivity index (χ1n) is 12.6. The summed E-state index contributed by atoms with van der Waals surface area (Å²) in [7, 11) is 0. The maximum Gasteiger partial charge on any atom is 0.408 e. The Bertz CT molecular complexity index is 1280. The molecule has 3 aromatic carbocycles. The zero-order chi connectivity index (χ0) is 28.1. The Balaban J connectivity index is 1.99. The number of carbonyl (C=O) groups excluding carboxylic acids is 3. The summed E-state index contributed by atoms with van der Waals surface area (Å²) in [5.41, 5.74) is -0.477. The van der Waals surface area contributed by atoms with Crippen LogP contribution in [-0.4, -0.2) is 51.7 Å². The molecule has 8 nitrogen and oxygen atoms in total. The second-order valence-corrected chi connectivity index (χ2v) is 11.1. The standard InChI is InChI=1S/C30H37N3O5/c1-29(2,3)33(27(36)24(19-34)32-28(37)38-30(4,5)6)25(21-13-8-7-9-14-21)26(35)31-23-17-16-20-12-10-11-15-22(20)18-23/h7-18,24-25,34H,19H2,1-6H3,(H,31,35)(H,32,37). The van der Waals surface area contributed by atoms with Crippen molar-refractivity contribution in [2.24, 2.45) is 0 Å². The lowest BCUT2D eigenvalue weighted by atomic mass is 9.95. The van der Waals surface area contributed by atoms with Crippen LogP contribution in [0.1, 0.15) is 53.1 Å². The highest BCUT2D eigenvalue weighted by atomic mass is 16.6. The molecule has 0 fully saturated rings. The molecule has 3 N–H and O–H groups in total. The largest absolute Gasteiger partial charge is 0.444 e. The highest BCUT2D eigenvalue weighted by Gasteiger charge is 2.41. The van der Waals surface area contributed by atoms with Crippen molar-refractivity contribution in [3.05, 3.63) is 78.4 Å². The average Bonchev–Trinajstić information content (AvgIpc) is 2.84. The van der Waals surface area contributed by atoms with E-state index in [1.54, 1.807) is 65.8 Å². The lowest BCUT2D eigenvalue weighted by Crippen LogP contribution is -2.59. The molecule has 0 aliphatic heterocycles. The van der Waals surface area contributed by atoms with E-state index < -0.39 is 47.7 Å². The van der Waals surface area contributed by atoms with Crippen molar-refractivity contribution in [1.82, 2.24) is 10.2 Å². The lowest BCUT2D eigenvalue weighted by molar-refractivity contribution is -0.147. The molecule has 202 valence electrons. The van der Waals surface area contributed by atoms with Crippen molar-refractivity contribution in [1.29, 1.82) is 0 Å². The Hall–Kier alpha value is -3.91. The molecule has 0 radical (unpaired) electrons. The van der Waals surface area contributed by atoms with Gasteiger partial charge in [0.2, 0.25) is 5.91 Å². The maximum absolute atomic E-state index is 13.9. The van der Waals surface area contributed by atoms with Gasteiger partial charge in [0.05, 0.1) is 6.61 Å². The number of nitrogens with one attached hydrogen (secondary N) is 2. The molecule has 0 aliphatic carbocycles. The predicted octanol–water partition coefficient (Wildman–Crippen LogP) is 5.03. The van der Waals surface area contributed by atoms with Crippen molar-refractivity contribution in [2.75, 3.05) is 11.9 Å². The van der Waals surface area contributed by atoms with E-state index in [1.807, 2.05) is 48.5 Å². The third-order valence-electron chi connectivity index (χ3n) is 5.77. The van der Waals surface area contributed by atoms with Crippen molar-refractivity contribution >= 4 is 34.4 Å². The van der Waals surface area contributed by atoms with Crippen LogP contribution in [0.4, 0.5) is 10.5 Å². The van der Waals surface area contributed by atoms with Crippen LogP contribution < -0.4 is 10.6 Å². The first-order valence-corrected chi connectivity index (χ1v) is 12.6. The molecule has 8 heteroatoms. The van der Waals surface area contributed by atoms with Crippen molar-refractivity contribution in [2.45, 2.75) is 64.8 Å². The van der Waals surface area contributed by atoms with Gasteiger partial charge >= 0.3 is 6.09 Å². The zero-order valence-electron chi connectivity index (χ0n) is 22.8. The van der Waals surface area contributed by atoms with Gasteiger partial charge in [0.25, 0.3) is 5.91 Å². The number of ether oxygens (including phenoxy) is 1. The van der Waals surface area contributed by atoms with Crippen molar-refractivity contribution in [3.8, 4) is 0 Å². The number of rotatable bonds is 7. The van der Waals surface area contributed by atoms with E-state index in [2.05, 4.69) is 10.6 Å². The molecule has 0 spiro atoms.